The Bertz CT molecular complexity index is 2080. The van der Waals surface area contributed by atoms with E-state index in [0.717, 1.165) is 15.8 Å². The Balaban J connectivity index is 1.51. The van der Waals surface area contributed by atoms with Gasteiger partial charge in [-0.1, -0.05) is 91.0 Å². The number of nitrogens with zero attached hydrogens (tertiary/aromatic N) is 2. The van der Waals surface area contributed by atoms with Crippen molar-refractivity contribution >= 4 is 42.3 Å². The third kappa shape index (κ3) is 3.73. The van der Waals surface area contributed by atoms with E-state index in [0.29, 0.717) is 5.56 Å². The molecule has 0 atom stereocenters. The van der Waals surface area contributed by atoms with Crippen LogP contribution in [-0.4, -0.2) is 0 Å². The van der Waals surface area contributed by atoms with Crippen molar-refractivity contribution < 1.29 is 4.57 Å². The summed E-state index contributed by atoms with van der Waals surface area (Å²) in [7, 11) is 2.13. The van der Waals surface area contributed by atoms with E-state index in [1.165, 1.54) is 54.2 Å². The molecule has 7 aromatic rings. The molecule has 3 heteroatoms. The maximum atomic E-state index is 10.1. The molecule has 0 N–H and O–H groups in total. The molecule has 5 aromatic carbocycles. The molecule has 0 aliphatic heterocycles. The first-order valence-corrected chi connectivity index (χ1v) is 13.9. The fraction of sp³-hybridized carbons (Fsp3) is 0.0556. The lowest BCUT2D eigenvalue weighted by Gasteiger charge is -2.09. The summed E-state index contributed by atoms with van der Waals surface area (Å²) in [5.74, 6) is 0. The smallest absolute Gasteiger partial charge is 0.200 e. The average molecular weight is 518 g/mol. The first kappa shape index (κ1) is 23.3. The van der Waals surface area contributed by atoms with Gasteiger partial charge in [-0.15, -0.1) is 11.3 Å². The Labute approximate surface area is 231 Å². The van der Waals surface area contributed by atoms with Crippen LogP contribution in [0.15, 0.2) is 115 Å². The quantitative estimate of drug-likeness (QED) is 0.215. The molecule has 0 unspecified atom stereocenters. The molecule has 0 spiro atoms. The molecule has 0 bridgehead atoms. The fourth-order valence-electron chi connectivity index (χ4n) is 5.76. The zero-order chi connectivity index (χ0) is 26.5. The van der Waals surface area contributed by atoms with Crippen molar-refractivity contribution in [2.24, 2.45) is 7.05 Å². The van der Waals surface area contributed by atoms with Gasteiger partial charge in [-0.25, -0.2) is 4.57 Å². The van der Waals surface area contributed by atoms with Crippen LogP contribution in [-0.2, 0) is 7.05 Å². The minimum Gasteiger partial charge on any atom is -0.200 e. The van der Waals surface area contributed by atoms with E-state index in [1.807, 2.05) is 12.1 Å². The monoisotopic (exact) mass is 517 g/mol. The van der Waals surface area contributed by atoms with Crippen LogP contribution < -0.4 is 4.57 Å². The predicted octanol–water partition coefficient (Wildman–Crippen LogP) is 9.21. The van der Waals surface area contributed by atoms with Crippen LogP contribution in [0, 0.1) is 18.3 Å². The van der Waals surface area contributed by atoms with Crippen LogP contribution in [0.4, 0.5) is 0 Å². The number of aromatic nitrogens is 1. The molecule has 2 aromatic heterocycles. The van der Waals surface area contributed by atoms with E-state index in [9.17, 15) is 5.26 Å². The number of thiophene rings is 1. The van der Waals surface area contributed by atoms with Crippen molar-refractivity contribution in [3.05, 3.63) is 127 Å². The maximum absolute atomic E-state index is 10.1. The van der Waals surface area contributed by atoms with Crippen LogP contribution in [0.5, 0.6) is 0 Å². The lowest BCUT2D eigenvalue weighted by Crippen LogP contribution is -2.30. The van der Waals surface area contributed by atoms with Gasteiger partial charge in [-0.3, -0.25) is 0 Å². The summed E-state index contributed by atoms with van der Waals surface area (Å²) in [6.07, 6.45) is 2.15. The molecule has 39 heavy (non-hydrogen) atoms. The summed E-state index contributed by atoms with van der Waals surface area (Å²) in [5, 5.41) is 15.0. The highest BCUT2D eigenvalue weighted by molar-refractivity contribution is 7.27. The second kappa shape index (κ2) is 9.20. The van der Waals surface area contributed by atoms with E-state index >= 15 is 0 Å². The minimum atomic E-state index is 0.704. The third-order valence-electron chi connectivity index (χ3n) is 7.70. The number of hydrogen-bond acceptors (Lipinski definition) is 2. The lowest BCUT2D eigenvalue weighted by molar-refractivity contribution is -0.659. The number of benzene rings is 5. The van der Waals surface area contributed by atoms with Gasteiger partial charge in [0.05, 0.1) is 22.6 Å². The van der Waals surface area contributed by atoms with E-state index in [4.69, 9.17) is 0 Å². The van der Waals surface area contributed by atoms with E-state index in [2.05, 4.69) is 128 Å². The molecule has 0 aliphatic carbocycles. The Hall–Kier alpha value is -4.78. The molecule has 184 valence electrons. The first-order valence-electron chi connectivity index (χ1n) is 13.1. The molecule has 2 heterocycles. The summed E-state index contributed by atoms with van der Waals surface area (Å²) in [6.45, 7) is 2.20. The van der Waals surface area contributed by atoms with Gasteiger partial charge >= 0.3 is 0 Å². The topological polar surface area (TPSA) is 27.7 Å². The zero-order valence-electron chi connectivity index (χ0n) is 21.8. The Morgan fingerprint density at radius 2 is 1.26 bits per heavy atom. The second-order valence-corrected chi connectivity index (χ2v) is 11.0. The van der Waals surface area contributed by atoms with E-state index < -0.39 is 0 Å². The van der Waals surface area contributed by atoms with E-state index in [-0.39, 0.29) is 0 Å². The van der Waals surface area contributed by atoms with Crippen molar-refractivity contribution in [3.63, 3.8) is 0 Å². The average Bonchev–Trinajstić information content (AvgIpc) is 3.36. The number of aryl methyl sites for hydroxylation is 2. The minimum absolute atomic E-state index is 0.704. The van der Waals surface area contributed by atoms with Crippen LogP contribution >= 0.6 is 11.3 Å². The highest BCUT2D eigenvalue weighted by Crippen LogP contribution is 2.46. The standard InChI is InChI=1S/C36H25N2S/c1-23-12-18-30-31-19-17-28(22-37)33(27-15-13-25(14-16-27)24-8-4-3-5-9-24)36(31)39-35(30)32(23)34-29-11-7-6-10-26(29)20-21-38(34)2/h3-21H,1-2H3/q+1. The van der Waals surface area contributed by atoms with Crippen molar-refractivity contribution in [1.29, 1.82) is 5.26 Å². The van der Waals surface area contributed by atoms with Gasteiger partial charge < -0.3 is 0 Å². The molecule has 7 rings (SSSR count). The number of fused-ring (bicyclic) bond motifs is 4. The molecule has 0 radical (unpaired) electrons. The normalized spacial score (nSPS) is 11.3. The highest BCUT2D eigenvalue weighted by atomic mass is 32.1. The number of pyridine rings is 1. The van der Waals surface area contributed by atoms with Crippen molar-refractivity contribution in [2.45, 2.75) is 6.92 Å². The van der Waals surface area contributed by atoms with Crippen LogP contribution in [0.3, 0.4) is 0 Å². The third-order valence-corrected chi connectivity index (χ3v) is 8.96. The lowest BCUT2D eigenvalue weighted by atomic mass is 9.94. The van der Waals surface area contributed by atoms with Gasteiger partial charge in [0.1, 0.15) is 7.05 Å². The van der Waals surface area contributed by atoms with Gasteiger partial charge in [-0.05, 0) is 46.7 Å². The number of hydrogen-bond donors (Lipinski definition) is 0. The van der Waals surface area contributed by atoms with Crippen LogP contribution in [0.2, 0.25) is 0 Å². The Morgan fingerprint density at radius 3 is 2.03 bits per heavy atom. The predicted molar refractivity (Wildman–Crippen MR) is 164 cm³/mol. The molecule has 0 fully saturated rings. The highest BCUT2D eigenvalue weighted by Gasteiger charge is 2.23. The fourth-order valence-corrected chi connectivity index (χ4v) is 7.23. The molecule has 0 amide bonds. The van der Waals surface area contributed by atoms with Gasteiger partial charge in [0.25, 0.3) is 0 Å². The summed E-state index contributed by atoms with van der Waals surface area (Å²) in [4.78, 5) is 0. The largest absolute Gasteiger partial charge is 0.221 e. The van der Waals surface area contributed by atoms with Crippen LogP contribution in [0.25, 0.3) is 64.5 Å². The van der Waals surface area contributed by atoms with Crippen LogP contribution in [0.1, 0.15) is 11.1 Å². The number of rotatable bonds is 3. The van der Waals surface area contributed by atoms with Gasteiger partial charge in [-0.2, -0.15) is 5.26 Å². The molecule has 2 nitrogen and oxygen atoms in total. The SMILES string of the molecule is Cc1ccc2c(sc3c(-c4ccc(-c5ccccc5)cc4)c(C#N)ccc32)c1-c1c2ccccc2cc[n+]1C. The maximum Gasteiger partial charge on any atom is 0.221 e. The summed E-state index contributed by atoms with van der Waals surface area (Å²) >= 11 is 1.80. The second-order valence-electron chi connectivity index (χ2n) is 10.0. The van der Waals surface area contributed by atoms with Gasteiger partial charge in [0, 0.05) is 31.8 Å². The van der Waals surface area contributed by atoms with Crippen molar-refractivity contribution in [2.75, 3.05) is 0 Å². The molecular formula is C36H25N2S+. The summed E-state index contributed by atoms with van der Waals surface area (Å²) < 4.78 is 4.65. The Kier molecular flexibility index (Phi) is 5.51. The summed E-state index contributed by atoms with van der Waals surface area (Å²) in [5.41, 5.74) is 8.87. The van der Waals surface area contributed by atoms with Gasteiger partial charge in [0.2, 0.25) is 5.69 Å². The molecule has 0 saturated carbocycles. The molecule has 0 aliphatic rings. The Morgan fingerprint density at radius 1 is 0.615 bits per heavy atom. The molecular weight excluding hydrogens is 492 g/mol. The zero-order valence-corrected chi connectivity index (χ0v) is 22.6. The van der Waals surface area contributed by atoms with Gasteiger partial charge in [0.15, 0.2) is 6.20 Å². The molecule has 0 saturated heterocycles. The van der Waals surface area contributed by atoms with Crippen molar-refractivity contribution in [1.82, 2.24) is 0 Å². The summed E-state index contributed by atoms with van der Waals surface area (Å²) in [6, 6.07) is 40.8. The van der Waals surface area contributed by atoms with E-state index in [1.54, 1.807) is 11.3 Å². The number of nitriles is 1. The van der Waals surface area contributed by atoms with Crippen molar-refractivity contribution in [3.8, 4) is 39.6 Å². The first-order chi connectivity index (χ1) is 19.1.